The molecule has 2 N–H and O–H groups in total. The summed E-state index contributed by atoms with van der Waals surface area (Å²) in [5.41, 5.74) is -1.24. The molecule has 0 heterocycles. The van der Waals surface area contributed by atoms with E-state index in [1.165, 1.54) is 14.2 Å². The van der Waals surface area contributed by atoms with Crippen molar-refractivity contribution in [1.82, 2.24) is 15.7 Å². The maximum atomic E-state index is 11.9. The van der Waals surface area contributed by atoms with Gasteiger partial charge in [0.15, 0.2) is 0 Å². The Hall–Kier alpha value is -3.38. The molecule has 2 unspecified atom stereocenters. The molecule has 0 aliphatic carbocycles. The van der Waals surface area contributed by atoms with Gasteiger partial charge in [0.25, 0.3) is 5.91 Å². The van der Waals surface area contributed by atoms with Crippen molar-refractivity contribution in [3.63, 3.8) is 0 Å². The van der Waals surface area contributed by atoms with Crippen molar-refractivity contribution in [3.05, 3.63) is 0 Å². The summed E-state index contributed by atoms with van der Waals surface area (Å²) in [6.07, 6.45) is 0.122. The number of aldehydes is 1. The van der Waals surface area contributed by atoms with E-state index in [9.17, 15) is 19.2 Å². The highest BCUT2D eigenvalue weighted by Crippen LogP contribution is 2.09. The highest BCUT2D eigenvalue weighted by atomic mass is 16.7. The molecule has 34 heavy (non-hydrogen) atoms. The minimum absolute atomic E-state index is 0.143. The first-order valence-electron chi connectivity index (χ1n) is 10.6. The van der Waals surface area contributed by atoms with Gasteiger partial charge in [-0.25, -0.2) is 14.7 Å². The minimum Gasteiger partial charge on any atom is -0.444 e. The summed E-state index contributed by atoms with van der Waals surface area (Å²) >= 11 is 0. The first kappa shape index (κ1) is 32.8. The number of rotatable bonds is 9. The second-order valence-electron chi connectivity index (χ2n) is 9.00. The minimum atomic E-state index is -0.848. The van der Waals surface area contributed by atoms with E-state index < -0.39 is 41.4 Å². The molecule has 0 aromatic heterocycles. The molecular formula is C22H37N5O7. The molecule has 3 amide bonds. The Morgan fingerprint density at radius 2 is 1.35 bits per heavy atom. The quantitative estimate of drug-likeness (QED) is 0.369. The lowest BCUT2D eigenvalue weighted by atomic mass is 10.1. The number of alkyl carbamates (subject to hydrolysis) is 2. The summed E-state index contributed by atoms with van der Waals surface area (Å²) < 4.78 is 10.0. The van der Waals surface area contributed by atoms with E-state index in [0.29, 0.717) is 12.7 Å². The largest absolute Gasteiger partial charge is 0.444 e. The van der Waals surface area contributed by atoms with Crippen molar-refractivity contribution in [2.24, 2.45) is 0 Å². The van der Waals surface area contributed by atoms with E-state index in [4.69, 9.17) is 24.8 Å². The SMILES string of the molecule is CC(C)(C)OC(=O)NC(C=O)CCC#N.CON(C)C(=O)C(CCC#N)NC(=O)OC(C)(C)C. The number of nitrogens with one attached hydrogen (secondary N) is 2. The van der Waals surface area contributed by atoms with Gasteiger partial charge in [0.2, 0.25) is 0 Å². The molecular weight excluding hydrogens is 446 g/mol. The molecule has 0 aromatic carbocycles. The van der Waals surface area contributed by atoms with E-state index in [0.717, 1.165) is 5.06 Å². The summed E-state index contributed by atoms with van der Waals surface area (Å²) in [6, 6.07) is 2.33. The van der Waals surface area contributed by atoms with Crippen molar-refractivity contribution in [2.45, 2.75) is 90.5 Å². The number of amides is 3. The Bertz CT molecular complexity index is 745. The van der Waals surface area contributed by atoms with Crippen LogP contribution in [-0.4, -0.2) is 66.9 Å². The predicted octanol–water partition coefficient (Wildman–Crippen LogP) is 2.59. The number of carbonyl (C=O) groups is 4. The molecule has 0 aromatic rings. The lowest BCUT2D eigenvalue weighted by molar-refractivity contribution is -0.171. The van der Waals surface area contributed by atoms with E-state index in [-0.39, 0.29) is 19.3 Å². The Morgan fingerprint density at radius 1 is 0.912 bits per heavy atom. The zero-order valence-corrected chi connectivity index (χ0v) is 21.3. The third-order valence-corrected chi connectivity index (χ3v) is 3.55. The molecule has 12 heteroatoms. The van der Waals surface area contributed by atoms with Gasteiger partial charge in [-0.1, -0.05) is 0 Å². The number of carbonyl (C=O) groups excluding carboxylic acids is 4. The summed E-state index contributed by atoms with van der Waals surface area (Å²) in [5.74, 6) is -0.441. The van der Waals surface area contributed by atoms with Gasteiger partial charge in [-0.2, -0.15) is 10.5 Å². The molecule has 0 saturated heterocycles. The highest BCUT2D eigenvalue weighted by Gasteiger charge is 2.26. The number of nitrogens with zero attached hydrogens (tertiary/aromatic N) is 3. The number of hydroxylamine groups is 2. The van der Waals surface area contributed by atoms with Crippen LogP contribution in [0.5, 0.6) is 0 Å². The van der Waals surface area contributed by atoms with Gasteiger partial charge in [0.1, 0.15) is 23.5 Å². The van der Waals surface area contributed by atoms with Crippen molar-refractivity contribution < 1.29 is 33.5 Å². The number of ether oxygens (including phenoxy) is 2. The Balaban J connectivity index is 0. The molecule has 0 rings (SSSR count). The second-order valence-corrected chi connectivity index (χ2v) is 9.00. The lowest BCUT2D eigenvalue weighted by Crippen LogP contribution is -2.48. The number of hydrogen-bond acceptors (Lipinski definition) is 9. The maximum Gasteiger partial charge on any atom is 0.408 e. The Kier molecular flexibility index (Phi) is 15.7. The summed E-state index contributed by atoms with van der Waals surface area (Å²) in [4.78, 5) is 50.0. The zero-order chi connectivity index (χ0) is 26.9. The first-order chi connectivity index (χ1) is 15.6. The fourth-order valence-electron chi connectivity index (χ4n) is 2.08. The van der Waals surface area contributed by atoms with Crippen LogP contribution >= 0.6 is 0 Å². The third-order valence-electron chi connectivity index (χ3n) is 3.55. The van der Waals surface area contributed by atoms with Crippen molar-refractivity contribution in [1.29, 1.82) is 10.5 Å². The average molecular weight is 484 g/mol. The molecule has 192 valence electrons. The van der Waals surface area contributed by atoms with Gasteiger partial charge >= 0.3 is 12.2 Å². The van der Waals surface area contributed by atoms with E-state index in [1.54, 1.807) is 41.5 Å². The summed E-state index contributed by atoms with van der Waals surface area (Å²) in [5, 5.41) is 22.7. The van der Waals surface area contributed by atoms with Crippen LogP contribution in [0.25, 0.3) is 0 Å². The van der Waals surface area contributed by atoms with Gasteiger partial charge in [-0.05, 0) is 54.4 Å². The van der Waals surface area contributed by atoms with Crippen molar-refractivity contribution in [3.8, 4) is 12.1 Å². The van der Waals surface area contributed by atoms with Crippen LogP contribution < -0.4 is 10.6 Å². The molecule has 0 radical (unpaired) electrons. The lowest BCUT2D eigenvalue weighted by Gasteiger charge is -2.24. The van der Waals surface area contributed by atoms with Crippen LogP contribution in [0.15, 0.2) is 0 Å². The Labute approximate surface area is 201 Å². The van der Waals surface area contributed by atoms with Crippen LogP contribution in [0.2, 0.25) is 0 Å². The third kappa shape index (κ3) is 18.2. The van der Waals surface area contributed by atoms with Crippen LogP contribution in [-0.2, 0) is 23.9 Å². The van der Waals surface area contributed by atoms with Gasteiger partial charge in [0.05, 0.1) is 25.3 Å². The fraction of sp³-hybridized carbons (Fsp3) is 0.727. The van der Waals surface area contributed by atoms with E-state index in [2.05, 4.69) is 10.6 Å². The standard InChI is InChI=1S/C12H21N3O4.C10H16N2O3/c1-12(2,3)19-11(17)14-9(7-6-8-13)10(16)15(4)18-5;1-10(2,3)15-9(14)12-8(7-13)5-4-6-11/h9H,6-7H2,1-5H3,(H,14,17);7-8H,4-5H2,1-3H3,(H,12,14). The van der Waals surface area contributed by atoms with Gasteiger partial charge < -0.3 is 24.9 Å². The molecule has 0 saturated carbocycles. The van der Waals surface area contributed by atoms with Gasteiger partial charge in [-0.3, -0.25) is 9.63 Å². The summed E-state index contributed by atoms with van der Waals surface area (Å²) in [6.45, 7) is 10.4. The van der Waals surface area contributed by atoms with E-state index >= 15 is 0 Å². The molecule has 0 bridgehead atoms. The number of likely N-dealkylation sites (N-methyl/N-ethyl adjacent to an activating group) is 1. The highest BCUT2D eigenvalue weighted by molar-refractivity contribution is 5.84. The molecule has 2 atom stereocenters. The summed E-state index contributed by atoms with van der Waals surface area (Å²) in [7, 11) is 2.77. The molecule has 0 spiro atoms. The molecule has 0 aliphatic heterocycles. The zero-order valence-electron chi connectivity index (χ0n) is 21.3. The molecule has 12 nitrogen and oxygen atoms in total. The van der Waals surface area contributed by atoms with Crippen LogP contribution in [0.4, 0.5) is 9.59 Å². The number of hydrogen-bond donors (Lipinski definition) is 2. The smallest absolute Gasteiger partial charge is 0.408 e. The van der Waals surface area contributed by atoms with Crippen LogP contribution in [0.3, 0.4) is 0 Å². The Morgan fingerprint density at radius 3 is 1.74 bits per heavy atom. The predicted molar refractivity (Wildman–Crippen MR) is 122 cm³/mol. The fourth-order valence-corrected chi connectivity index (χ4v) is 2.08. The van der Waals surface area contributed by atoms with E-state index in [1.807, 2.05) is 12.1 Å². The molecule has 0 aliphatic rings. The molecule has 0 fully saturated rings. The van der Waals surface area contributed by atoms with Crippen molar-refractivity contribution in [2.75, 3.05) is 14.2 Å². The van der Waals surface area contributed by atoms with Gasteiger partial charge in [-0.15, -0.1) is 0 Å². The van der Waals surface area contributed by atoms with Crippen molar-refractivity contribution >= 4 is 24.4 Å². The topological polar surface area (TPSA) is 171 Å². The normalized spacial score (nSPS) is 12.3. The van der Waals surface area contributed by atoms with Gasteiger partial charge in [0, 0.05) is 19.9 Å². The maximum absolute atomic E-state index is 11.9. The first-order valence-corrected chi connectivity index (χ1v) is 10.6. The average Bonchev–Trinajstić information content (AvgIpc) is 2.70. The second kappa shape index (κ2) is 16.3. The number of nitriles is 2. The monoisotopic (exact) mass is 483 g/mol. The van der Waals surface area contributed by atoms with Crippen LogP contribution in [0, 0.1) is 22.7 Å². The van der Waals surface area contributed by atoms with Crippen LogP contribution in [0.1, 0.15) is 67.2 Å².